The number of hydrogen-bond acceptors (Lipinski definition) is 2. The first-order valence-electron chi connectivity index (χ1n) is 5.80. The Bertz CT molecular complexity index is 599. The summed E-state index contributed by atoms with van der Waals surface area (Å²) < 4.78 is 18.7. The molecule has 1 N–H and O–H groups in total. The number of aliphatic hydroxyl groups excluding tert-OH is 1. The van der Waals surface area contributed by atoms with Crippen LogP contribution in [0, 0.1) is 12.7 Å². The lowest BCUT2D eigenvalue weighted by atomic mass is 9.99. The van der Waals surface area contributed by atoms with Gasteiger partial charge >= 0.3 is 0 Å². The van der Waals surface area contributed by atoms with Crippen LogP contribution in [0.4, 0.5) is 4.39 Å². The van der Waals surface area contributed by atoms with Gasteiger partial charge in [-0.25, -0.2) is 4.39 Å². The van der Waals surface area contributed by atoms with Gasteiger partial charge in [0.2, 0.25) is 0 Å². The summed E-state index contributed by atoms with van der Waals surface area (Å²) in [6.07, 6.45) is -0.957. The van der Waals surface area contributed by atoms with E-state index < -0.39 is 11.9 Å². The van der Waals surface area contributed by atoms with E-state index in [9.17, 15) is 9.50 Å². The van der Waals surface area contributed by atoms with E-state index in [0.717, 1.165) is 5.56 Å². The molecule has 0 aliphatic heterocycles. The van der Waals surface area contributed by atoms with Gasteiger partial charge in [0.1, 0.15) is 17.7 Å². The highest BCUT2D eigenvalue weighted by Gasteiger charge is 2.17. The van der Waals surface area contributed by atoms with E-state index in [2.05, 4.69) is 0 Å². The minimum Gasteiger partial charge on any atom is -0.496 e. The van der Waals surface area contributed by atoms with Crippen LogP contribution in [0.15, 0.2) is 36.4 Å². The number of benzene rings is 2. The van der Waals surface area contributed by atoms with Crippen molar-refractivity contribution in [3.63, 3.8) is 0 Å². The van der Waals surface area contributed by atoms with Gasteiger partial charge in [-0.1, -0.05) is 29.3 Å². The van der Waals surface area contributed by atoms with Crippen LogP contribution in [0.2, 0.25) is 5.02 Å². The number of ether oxygens (including phenoxy) is 1. The average Bonchev–Trinajstić information content (AvgIpc) is 2.41. The summed E-state index contributed by atoms with van der Waals surface area (Å²) in [6, 6.07) is 9.73. The highest BCUT2D eigenvalue weighted by atomic mass is 35.5. The smallest absolute Gasteiger partial charge is 0.142 e. The van der Waals surface area contributed by atoms with Gasteiger partial charge in [-0.05, 0) is 36.8 Å². The number of methoxy groups -OCH3 is 1. The second-order valence-electron chi connectivity index (χ2n) is 4.32. The fraction of sp³-hybridized carbons (Fsp3) is 0.200. The lowest BCUT2D eigenvalue weighted by Crippen LogP contribution is -2.03. The van der Waals surface area contributed by atoms with E-state index in [1.165, 1.54) is 19.2 Å². The van der Waals surface area contributed by atoms with Gasteiger partial charge in [0.25, 0.3) is 0 Å². The van der Waals surface area contributed by atoms with Gasteiger partial charge < -0.3 is 9.84 Å². The number of aliphatic hydroxyl groups is 1. The van der Waals surface area contributed by atoms with Crippen molar-refractivity contribution in [2.24, 2.45) is 0 Å². The molecule has 0 aromatic heterocycles. The second-order valence-corrected chi connectivity index (χ2v) is 4.73. The van der Waals surface area contributed by atoms with Crippen LogP contribution in [0.5, 0.6) is 5.75 Å². The Morgan fingerprint density at radius 2 is 1.95 bits per heavy atom. The Balaban J connectivity index is 2.45. The predicted octanol–water partition coefficient (Wildman–Crippen LogP) is 3.88. The SMILES string of the molecule is COc1ccc(C)cc1C(O)c1ccc(Cl)c(F)c1. The van der Waals surface area contributed by atoms with Crippen LogP contribution in [-0.2, 0) is 0 Å². The summed E-state index contributed by atoms with van der Waals surface area (Å²) >= 11 is 5.63. The van der Waals surface area contributed by atoms with Crippen molar-refractivity contribution in [3.05, 3.63) is 63.9 Å². The molecule has 0 spiro atoms. The molecule has 2 aromatic rings. The van der Waals surface area contributed by atoms with E-state index >= 15 is 0 Å². The van der Waals surface area contributed by atoms with Crippen molar-refractivity contribution < 1.29 is 14.2 Å². The second kappa shape index (κ2) is 5.59. The van der Waals surface area contributed by atoms with E-state index in [1.807, 2.05) is 19.1 Å². The first-order chi connectivity index (χ1) is 9.02. The van der Waals surface area contributed by atoms with E-state index in [1.54, 1.807) is 12.1 Å². The fourth-order valence-electron chi connectivity index (χ4n) is 1.93. The molecule has 0 aliphatic carbocycles. The maximum atomic E-state index is 13.4. The maximum Gasteiger partial charge on any atom is 0.142 e. The van der Waals surface area contributed by atoms with Crippen molar-refractivity contribution in [3.8, 4) is 5.75 Å². The molecule has 0 bridgehead atoms. The van der Waals surface area contributed by atoms with Gasteiger partial charge in [-0.3, -0.25) is 0 Å². The minimum atomic E-state index is -0.957. The molecule has 0 aliphatic rings. The Morgan fingerprint density at radius 3 is 2.58 bits per heavy atom. The van der Waals surface area contributed by atoms with Gasteiger partial charge in [-0.2, -0.15) is 0 Å². The third-order valence-corrected chi connectivity index (χ3v) is 3.25. The summed E-state index contributed by atoms with van der Waals surface area (Å²) in [6.45, 7) is 1.91. The Morgan fingerprint density at radius 1 is 1.21 bits per heavy atom. The molecule has 100 valence electrons. The molecule has 4 heteroatoms. The zero-order chi connectivity index (χ0) is 14.0. The van der Waals surface area contributed by atoms with Crippen LogP contribution in [0.3, 0.4) is 0 Å². The quantitative estimate of drug-likeness (QED) is 0.924. The molecule has 1 atom stereocenters. The van der Waals surface area contributed by atoms with Crippen molar-refractivity contribution >= 4 is 11.6 Å². The number of hydrogen-bond donors (Lipinski definition) is 1. The molecule has 0 amide bonds. The van der Waals surface area contributed by atoms with Gasteiger partial charge in [0.15, 0.2) is 0 Å². The van der Waals surface area contributed by atoms with Gasteiger partial charge in [0, 0.05) is 5.56 Å². The van der Waals surface area contributed by atoms with Crippen LogP contribution < -0.4 is 4.74 Å². The molecule has 0 saturated carbocycles. The maximum absolute atomic E-state index is 13.4. The molecule has 0 saturated heterocycles. The fourth-order valence-corrected chi connectivity index (χ4v) is 2.05. The summed E-state index contributed by atoms with van der Waals surface area (Å²) in [5, 5.41) is 10.4. The summed E-state index contributed by atoms with van der Waals surface area (Å²) in [5.41, 5.74) is 2.03. The lowest BCUT2D eigenvalue weighted by molar-refractivity contribution is 0.214. The average molecular weight is 281 g/mol. The zero-order valence-electron chi connectivity index (χ0n) is 10.7. The van der Waals surface area contributed by atoms with Crippen molar-refractivity contribution in [2.45, 2.75) is 13.0 Å². The summed E-state index contributed by atoms with van der Waals surface area (Å²) in [5.74, 6) is 0.0123. The first-order valence-corrected chi connectivity index (χ1v) is 6.18. The molecule has 2 rings (SSSR count). The van der Waals surface area contributed by atoms with Crippen molar-refractivity contribution in [2.75, 3.05) is 7.11 Å². The van der Waals surface area contributed by atoms with Crippen LogP contribution in [0.1, 0.15) is 22.8 Å². The summed E-state index contributed by atoms with van der Waals surface area (Å²) in [7, 11) is 1.53. The van der Waals surface area contributed by atoms with E-state index in [-0.39, 0.29) is 5.02 Å². The lowest BCUT2D eigenvalue weighted by Gasteiger charge is -2.16. The first kappa shape index (κ1) is 13.8. The summed E-state index contributed by atoms with van der Waals surface area (Å²) in [4.78, 5) is 0. The molecule has 0 fully saturated rings. The molecule has 0 radical (unpaired) electrons. The third kappa shape index (κ3) is 2.88. The standard InChI is InChI=1S/C15H14ClFO2/c1-9-3-6-14(19-2)11(7-9)15(18)10-4-5-12(16)13(17)8-10/h3-8,15,18H,1-2H3. The predicted molar refractivity (Wildman–Crippen MR) is 73.2 cm³/mol. The number of aryl methyl sites for hydroxylation is 1. The minimum absolute atomic E-state index is 0.0344. The van der Waals surface area contributed by atoms with Gasteiger partial charge in [-0.15, -0.1) is 0 Å². The molecular weight excluding hydrogens is 267 g/mol. The van der Waals surface area contributed by atoms with Crippen LogP contribution >= 0.6 is 11.6 Å². The number of rotatable bonds is 3. The molecule has 0 heterocycles. The Hall–Kier alpha value is -1.58. The Labute approximate surface area is 116 Å². The highest BCUT2D eigenvalue weighted by molar-refractivity contribution is 6.30. The molecule has 2 nitrogen and oxygen atoms in total. The largest absolute Gasteiger partial charge is 0.496 e. The highest BCUT2D eigenvalue weighted by Crippen LogP contribution is 2.32. The topological polar surface area (TPSA) is 29.5 Å². The third-order valence-electron chi connectivity index (χ3n) is 2.94. The van der Waals surface area contributed by atoms with Crippen molar-refractivity contribution in [1.29, 1.82) is 0 Å². The van der Waals surface area contributed by atoms with E-state index in [4.69, 9.17) is 16.3 Å². The van der Waals surface area contributed by atoms with Crippen molar-refractivity contribution in [1.82, 2.24) is 0 Å². The zero-order valence-corrected chi connectivity index (χ0v) is 11.4. The molecular formula is C15H14ClFO2. The molecule has 19 heavy (non-hydrogen) atoms. The monoisotopic (exact) mass is 280 g/mol. The molecule has 1 unspecified atom stereocenters. The van der Waals surface area contributed by atoms with E-state index in [0.29, 0.717) is 16.9 Å². The van der Waals surface area contributed by atoms with Crippen LogP contribution in [-0.4, -0.2) is 12.2 Å². The molecule has 2 aromatic carbocycles. The Kier molecular flexibility index (Phi) is 4.08. The normalized spacial score (nSPS) is 12.3. The van der Waals surface area contributed by atoms with Gasteiger partial charge in [0.05, 0.1) is 12.1 Å². The van der Waals surface area contributed by atoms with Crippen LogP contribution in [0.25, 0.3) is 0 Å². The number of halogens is 2.